The first-order valence-electron chi connectivity index (χ1n) is 9.65. The molecule has 1 saturated heterocycles. The molecule has 3 rings (SSSR count). The normalized spacial score (nSPS) is 14.0. The van der Waals surface area contributed by atoms with Crippen molar-refractivity contribution >= 4 is 27.5 Å². The Hall–Kier alpha value is -3.15. The molecule has 0 atom stereocenters. The number of nitrogens with one attached hydrogen (secondary N) is 2. The molecule has 2 N–H and O–H groups in total. The molecule has 0 unspecified atom stereocenters. The number of carbonyl (C=O) groups is 2. The van der Waals surface area contributed by atoms with Gasteiger partial charge < -0.3 is 10.2 Å². The first kappa shape index (κ1) is 21.6. The number of anilines is 1. The summed E-state index contributed by atoms with van der Waals surface area (Å²) < 4.78 is 26.4. The number of carbonyl (C=O) groups excluding carboxylic acids is 2. The van der Waals surface area contributed by atoms with Crippen LogP contribution in [0, 0.1) is 12.3 Å². The Morgan fingerprint density at radius 2 is 1.67 bits per heavy atom. The van der Waals surface area contributed by atoms with Crippen LogP contribution in [0.4, 0.5) is 5.69 Å². The molecule has 0 spiro atoms. The maximum absolute atomic E-state index is 12.9. The molecule has 1 aliphatic rings. The van der Waals surface area contributed by atoms with Gasteiger partial charge in [-0.05, 0) is 55.7 Å². The number of sulfonamides is 1. The zero-order valence-corrected chi connectivity index (χ0v) is 17.2. The first-order valence-corrected chi connectivity index (χ1v) is 11.1. The minimum atomic E-state index is -3.73. The van der Waals surface area contributed by atoms with Gasteiger partial charge >= 0.3 is 0 Å². The minimum absolute atomic E-state index is 0.00924. The fraction of sp³-hybridized carbons (Fsp3) is 0.273. The van der Waals surface area contributed by atoms with E-state index in [9.17, 15) is 18.0 Å². The molecule has 0 aliphatic carbocycles. The van der Waals surface area contributed by atoms with Gasteiger partial charge in [-0.3, -0.25) is 9.59 Å². The smallest absolute Gasteiger partial charge is 0.255 e. The molecule has 2 aromatic rings. The Morgan fingerprint density at radius 3 is 2.33 bits per heavy atom. The molecule has 2 aromatic carbocycles. The van der Waals surface area contributed by atoms with Crippen molar-refractivity contribution in [2.45, 2.75) is 24.2 Å². The van der Waals surface area contributed by atoms with Crippen molar-refractivity contribution in [1.82, 2.24) is 9.62 Å². The summed E-state index contributed by atoms with van der Waals surface area (Å²) in [6, 6.07) is 12.4. The molecule has 156 valence electrons. The van der Waals surface area contributed by atoms with E-state index in [0.717, 1.165) is 19.3 Å². The van der Waals surface area contributed by atoms with E-state index < -0.39 is 15.9 Å². The van der Waals surface area contributed by atoms with Crippen LogP contribution < -0.4 is 10.0 Å². The van der Waals surface area contributed by atoms with Crippen molar-refractivity contribution in [1.29, 1.82) is 0 Å². The zero-order chi connectivity index (χ0) is 21.6. The minimum Gasteiger partial charge on any atom is -0.339 e. The second-order valence-electron chi connectivity index (χ2n) is 6.91. The van der Waals surface area contributed by atoms with Crippen LogP contribution in [0.5, 0.6) is 0 Å². The number of amides is 2. The lowest BCUT2D eigenvalue weighted by atomic mass is 10.1. The highest BCUT2D eigenvalue weighted by atomic mass is 32.2. The molecule has 2 amide bonds. The average Bonchev–Trinajstić information content (AvgIpc) is 2.78. The van der Waals surface area contributed by atoms with E-state index in [0.29, 0.717) is 24.3 Å². The molecule has 1 aliphatic heterocycles. The number of hydrogen-bond donors (Lipinski definition) is 2. The molecule has 0 radical (unpaired) electrons. The van der Waals surface area contributed by atoms with Crippen molar-refractivity contribution in [2.24, 2.45) is 0 Å². The van der Waals surface area contributed by atoms with Gasteiger partial charge in [0.1, 0.15) is 0 Å². The summed E-state index contributed by atoms with van der Waals surface area (Å²) in [6.45, 7) is 1.31. The predicted molar refractivity (Wildman–Crippen MR) is 115 cm³/mol. The monoisotopic (exact) mass is 425 g/mol. The largest absolute Gasteiger partial charge is 0.339 e. The van der Waals surface area contributed by atoms with E-state index in [1.807, 2.05) is 0 Å². The quantitative estimate of drug-likeness (QED) is 0.695. The number of terminal acetylenes is 1. The van der Waals surface area contributed by atoms with Crippen molar-refractivity contribution < 1.29 is 18.0 Å². The van der Waals surface area contributed by atoms with E-state index in [1.165, 1.54) is 24.3 Å². The van der Waals surface area contributed by atoms with Crippen molar-refractivity contribution in [2.75, 3.05) is 25.0 Å². The fourth-order valence-electron chi connectivity index (χ4n) is 3.25. The van der Waals surface area contributed by atoms with Gasteiger partial charge in [0.2, 0.25) is 10.0 Å². The topological polar surface area (TPSA) is 95.6 Å². The SMILES string of the molecule is C#CCNS(=O)(=O)c1ccc(C(=O)Nc2ccccc2C(=O)N2CCCCC2)cc1. The van der Waals surface area contributed by atoms with Crippen molar-refractivity contribution in [3.8, 4) is 12.3 Å². The highest BCUT2D eigenvalue weighted by Crippen LogP contribution is 2.21. The van der Waals surface area contributed by atoms with Crippen LogP contribution in [0.15, 0.2) is 53.4 Å². The number of nitrogens with zero attached hydrogens (tertiary/aromatic N) is 1. The summed E-state index contributed by atoms with van der Waals surface area (Å²) in [5.41, 5.74) is 1.13. The molecule has 0 aromatic heterocycles. The lowest BCUT2D eigenvalue weighted by molar-refractivity contribution is 0.0725. The second kappa shape index (κ2) is 9.57. The van der Waals surface area contributed by atoms with E-state index in [1.54, 1.807) is 29.2 Å². The molecule has 30 heavy (non-hydrogen) atoms. The summed E-state index contributed by atoms with van der Waals surface area (Å²) in [6.07, 6.45) is 8.15. The summed E-state index contributed by atoms with van der Waals surface area (Å²) in [7, 11) is -3.73. The van der Waals surface area contributed by atoms with Gasteiger partial charge in [0.15, 0.2) is 0 Å². The van der Waals surface area contributed by atoms with Gasteiger partial charge in [-0.2, -0.15) is 4.72 Å². The number of hydrogen-bond acceptors (Lipinski definition) is 4. The maximum atomic E-state index is 12.9. The predicted octanol–water partition coefficient (Wildman–Crippen LogP) is 2.48. The lowest BCUT2D eigenvalue weighted by Crippen LogP contribution is -2.36. The second-order valence-corrected chi connectivity index (χ2v) is 8.67. The van der Waals surface area contributed by atoms with Gasteiger partial charge in [0.25, 0.3) is 11.8 Å². The highest BCUT2D eigenvalue weighted by molar-refractivity contribution is 7.89. The van der Waals surface area contributed by atoms with Crippen LogP contribution in [0.1, 0.15) is 40.0 Å². The fourth-order valence-corrected chi connectivity index (χ4v) is 4.18. The van der Waals surface area contributed by atoms with Gasteiger partial charge in [-0.25, -0.2) is 8.42 Å². The number of benzene rings is 2. The Kier molecular flexibility index (Phi) is 6.87. The number of likely N-dealkylation sites (tertiary alicyclic amines) is 1. The Morgan fingerprint density at radius 1 is 1.00 bits per heavy atom. The van der Waals surface area contributed by atoms with Gasteiger partial charge in [0.05, 0.1) is 22.7 Å². The molecule has 0 saturated carbocycles. The summed E-state index contributed by atoms with van der Waals surface area (Å²) in [5, 5.41) is 2.76. The van der Waals surface area contributed by atoms with Crippen LogP contribution >= 0.6 is 0 Å². The highest BCUT2D eigenvalue weighted by Gasteiger charge is 2.21. The molecule has 7 nitrogen and oxygen atoms in total. The molecular formula is C22H23N3O4S. The molecule has 1 fully saturated rings. The third kappa shape index (κ3) is 5.06. The summed E-state index contributed by atoms with van der Waals surface area (Å²) in [4.78, 5) is 27.3. The maximum Gasteiger partial charge on any atom is 0.255 e. The van der Waals surface area contributed by atoms with Crippen LogP contribution in [-0.2, 0) is 10.0 Å². The van der Waals surface area contributed by atoms with Crippen molar-refractivity contribution in [3.05, 3.63) is 59.7 Å². The Labute approximate surface area is 176 Å². The van der Waals surface area contributed by atoms with Crippen LogP contribution in [0.25, 0.3) is 0 Å². The van der Waals surface area contributed by atoms with E-state index >= 15 is 0 Å². The summed E-state index contributed by atoms with van der Waals surface area (Å²) >= 11 is 0. The average molecular weight is 426 g/mol. The molecule has 1 heterocycles. The van der Waals surface area contributed by atoms with Gasteiger partial charge in [-0.1, -0.05) is 18.1 Å². The standard InChI is InChI=1S/C22H23N3O4S/c1-2-14-23-30(28,29)18-12-10-17(11-13-18)21(26)24-20-9-5-4-8-19(20)22(27)25-15-6-3-7-16-25/h1,4-5,8-13,23H,3,6-7,14-16H2,(H,24,26). The Bertz CT molecular complexity index is 1070. The number of piperidine rings is 1. The summed E-state index contributed by atoms with van der Waals surface area (Å²) in [5.74, 6) is 1.66. The third-order valence-electron chi connectivity index (χ3n) is 4.84. The molecule has 0 bridgehead atoms. The van der Waals surface area contributed by atoms with Gasteiger partial charge in [-0.15, -0.1) is 6.42 Å². The third-order valence-corrected chi connectivity index (χ3v) is 6.26. The van der Waals surface area contributed by atoms with Crippen LogP contribution in [0.2, 0.25) is 0 Å². The van der Waals surface area contributed by atoms with Crippen LogP contribution in [0.3, 0.4) is 0 Å². The molecule has 8 heteroatoms. The zero-order valence-electron chi connectivity index (χ0n) is 16.4. The van der Waals surface area contributed by atoms with E-state index in [4.69, 9.17) is 6.42 Å². The Balaban J connectivity index is 1.75. The van der Waals surface area contributed by atoms with Crippen molar-refractivity contribution in [3.63, 3.8) is 0 Å². The van der Waals surface area contributed by atoms with Crippen LogP contribution in [-0.4, -0.2) is 44.8 Å². The van der Waals surface area contributed by atoms with Gasteiger partial charge in [0, 0.05) is 18.7 Å². The van der Waals surface area contributed by atoms with E-state index in [2.05, 4.69) is 16.0 Å². The molecular weight excluding hydrogens is 402 g/mol. The van der Waals surface area contributed by atoms with E-state index in [-0.39, 0.29) is 22.9 Å². The number of rotatable bonds is 6. The number of para-hydroxylation sites is 1. The first-order chi connectivity index (χ1) is 14.4. The lowest BCUT2D eigenvalue weighted by Gasteiger charge is -2.27.